The molecular weight excluding hydrogens is 170 g/mol. The number of halogens is 3. The molecule has 0 aliphatic rings. The minimum Gasteiger partial charge on any atom is -0.443 e. The predicted molar refractivity (Wildman–Crippen MR) is 37.6 cm³/mol. The van der Waals surface area contributed by atoms with Crippen LogP contribution in [0.2, 0.25) is 0 Å². The van der Waals surface area contributed by atoms with Crippen LogP contribution in [-0.2, 0) is 0 Å². The van der Waals surface area contributed by atoms with E-state index in [-0.39, 0.29) is 0 Å². The van der Waals surface area contributed by atoms with Crippen LogP contribution >= 0.6 is 0 Å². The molecule has 0 unspecified atom stereocenters. The first kappa shape index (κ1) is 8.77. The van der Waals surface area contributed by atoms with Gasteiger partial charge in [-0.1, -0.05) is 6.07 Å². The largest absolute Gasteiger partial charge is 0.549 e. The molecule has 0 bridgehead atoms. The molecule has 1 rings (SSSR count). The van der Waals surface area contributed by atoms with Crippen molar-refractivity contribution in [2.24, 2.45) is 0 Å². The second kappa shape index (κ2) is 2.96. The molecule has 0 radical (unpaired) electrons. The third kappa shape index (κ3) is 1.84. The zero-order chi connectivity index (χ0) is 9.19. The molecule has 0 aliphatic carbocycles. The molecule has 0 fully saturated rings. The monoisotopic (exact) mass is 174 g/mol. The second-order valence-electron chi connectivity index (χ2n) is 2.18. The first-order valence-electron chi connectivity index (χ1n) is 3.16. The number of aromatic nitrogens is 1. The van der Waals surface area contributed by atoms with Gasteiger partial charge in [0, 0.05) is 18.0 Å². The summed E-state index contributed by atoms with van der Waals surface area (Å²) in [5.41, 5.74) is -2.21. The van der Waals surface area contributed by atoms with Crippen LogP contribution in [0.3, 0.4) is 0 Å². The molecule has 12 heavy (non-hydrogen) atoms. The van der Waals surface area contributed by atoms with E-state index in [1.54, 1.807) is 0 Å². The average Bonchev–Trinajstić information content (AvgIpc) is 2.03. The maximum absolute atomic E-state index is 11.8. The van der Waals surface area contributed by atoms with Crippen LogP contribution < -0.4 is 0 Å². The Bertz CT molecular complexity index is 285. The lowest BCUT2D eigenvalue weighted by Crippen LogP contribution is -2.29. The molecule has 0 aliphatic heterocycles. The highest BCUT2D eigenvalue weighted by Crippen LogP contribution is 2.15. The van der Waals surface area contributed by atoms with Gasteiger partial charge in [0.05, 0.1) is 0 Å². The Morgan fingerprint density at radius 3 is 2.50 bits per heavy atom. The third-order valence-electron chi connectivity index (χ3n) is 1.24. The Balaban J connectivity index is 2.94. The Morgan fingerprint density at radius 2 is 2.08 bits per heavy atom. The van der Waals surface area contributed by atoms with Crippen molar-refractivity contribution in [1.82, 2.24) is 4.98 Å². The van der Waals surface area contributed by atoms with Gasteiger partial charge in [-0.25, -0.2) is 0 Å². The summed E-state index contributed by atoms with van der Waals surface area (Å²) in [6.45, 7) is -5.43. The van der Waals surface area contributed by atoms with Gasteiger partial charge < -0.3 is 17.7 Å². The molecule has 1 heterocycles. The normalized spacial score (nSPS) is 11.2. The van der Waals surface area contributed by atoms with E-state index in [2.05, 4.69) is 4.98 Å². The molecule has 0 spiro atoms. The van der Waals surface area contributed by atoms with Gasteiger partial charge in [-0.15, -0.1) is 0 Å². The Labute approximate surface area is 66.5 Å². The van der Waals surface area contributed by atoms with Crippen LogP contribution in [0, 0.1) is 0 Å². The number of carbonyl (C=O) groups excluding carboxylic acids is 1. The van der Waals surface area contributed by atoms with Crippen LogP contribution in [-0.4, -0.2) is 17.6 Å². The lowest BCUT2D eigenvalue weighted by atomic mass is 9.80. The molecule has 0 N–H and O–H groups in total. The summed E-state index contributed by atoms with van der Waals surface area (Å²) >= 11 is 0. The Hall–Kier alpha value is -1.33. The van der Waals surface area contributed by atoms with E-state index in [1.165, 1.54) is 12.3 Å². The standard InChI is InChI=1S/C6H4BF3NO/c8-7(9,10)6(12)5-2-1-3-11-4-5/h1-4H/q-1. The average molecular weight is 174 g/mol. The number of rotatable bonds is 2. The highest BCUT2D eigenvalue weighted by molar-refractivity contribution is 6.93. The van der Waals surface area contributed by atoms with Gasteiger partial charge in [0.25, 0.3) is 0 Å². The number of nitrogens with zero attached hydrogens (tertiary/aromatic N) is 1. The summed E-state index contributed by atoms with van der Waals surface area (Å²) < 4.78 is 35.5. The van der Waals surface area contributed by atoms with Crippen molar-refractivity contribution in [3.05, 3.63) is 30.1 Å². The summed E-state index contributed by atoms with van der Waals surface area (Å²) in [5, 5.41) is 0. The lowest BCUT2D eigenvalue weighted by molar-refractivity contribution is 0.102. The van der Waals surface area contributed by atoms with Gasteiger partial charge >= 0.3 is 6.98 Å². The summed E-state index contributed by atoms with van der Waals surface area (Å²) in [6, 6.07) is 2.37. The van der Waals surface area contributed by atoms with Crippen molar-refractivity contribution >= 4 is 12.7 Å². The van der Waals surface area contributed by atoms with E-state index in [1.807, 2.05) is 0 Å². The van der Waals surface area contributed by atoms with Gasteiger partial charge in [-0.2, -0.15) is 0 Å². The van der Waals surface area contributed by atoms with Gasteiger partial charge in [0.2, 0.25) is 0 Å². The zero-order valence-corrected chi connectivity index (χ0v) is 5.88. The van der Waals surface area contributed by atoms with Gasteiger partial charge in [-0.3, -0.25) is 4.98 Å². The molecule has 1 aromatic rings. The topological polar surface area (TPSA) is 30.0 Å². The molecule has 6 heteroatoms. The predicted octanol–water partition coefficient (Wildman–Crippen LogP) is 1.65. The summed E-state index contributed by atoms with van der Waals surface area (Å²) in [6.07, 6.45) is 2.21. The molecular formula is C6H4BF3NO-. The van der Waals surface area contributed by atoms with E-state index < -0.39 is 18.2 Å². The van der Waals surface area contributed by atoms with Gasteiger partial charge in [-0.05, 0) is 6.07 Å². The van der Waals surface area contributed by atoms with Crippen molar-refractivity contribution in [3.63, 3.8) is 0 Å². The number of carbonyl (C=O) groups is 1. The van der Waals surface area contributed by atoms with Crippen LogP contribution in [0.5, 0.6) is 0 Å². The summed E-state index contributed by atoms with van der Waals surface area (Å²) in [7, 11) is 0. The third-order valence-corrected chi connectivity index (χ3v) is 1.24. The number of pyridine rings is 1. The summed E-state index contributed by atoms with van der Waals surface area (Å²) in [4.78, 5) is 13.9. The van der Waals surface area contributed by atoms with Crippen molar-refractivity contribution < 1.29 is 17.7 Å². The Morgan fingerprint density at radius 1 is 1.42 bits per heavy atom. The number of hydrogen-bond donors (Lipinski definition) is 0. The fraction of sp³-hybridized carbons (Fsp3) is 0. The fourth-order valence-electron chi connectivity index (χ4n) is 0.697. The SMILES string of the molecule is O=C(c1cccnc1)[B-](F)(F)F. The quantitative estimate of drug-likeness (QED) is 0.637. The van der Waals surface area contributed by atoms with E-state index in [4.69, 9.17) is 0 Å². The van der Waals surface area contributed by atoms with E-state index >= 15 is 0 Å². The highest BCUT2D eigenvalue weighted by atomic mass is 19.4. The maximum Gasteiger partial charge on any atom is 0.549 e. The molecule has 0 saturated carbocycles. The number of hydrogen-bond acceptors (Lipinski definition) is 2. The Kier molecular flexibility index (Phi) is 2.17. The highest BCUT2D eigenvalue weighted by Gasteiger charge is 2.33. The van der Waals surface area contributed by atoms with Gasteiger partial charge in [0.15, 0.2) is 0 Å². The summed E-state index contributed by atoms with van der Waals surface area (Å²) in [5.74, 6) is 0. The van der Waals surface area contributed by atoms with Crippen LogP contribution in [0.1, 0.15) is 10.4 Å². The lowest BCUT2D eigenvalue weighted by Gasteiger charge is -2.11. The van der Waals surface area contributed by atoms with Crippen molar-refractivity contribution in [2.75, 3.05) is 0 Å². The minimum atomic E-state index is -5.43. The second-order valence-corrected chi connectivity index (χ2v) is 2.18. The fourth-order valence-corrected chi connectivity index (χ4v) is 0.697. The van der Waals surface area contributed by atoms with Crippen LogP contribution in [0.15, 0.2) is 24.5 Å². The smallest absolute Gasteiger partial charge is 0.443 e. The first-order chi connectivity index (χ1) is 5.52. The molecule has 1 aromatic heterocycles. The van der Waals surface area contributed by atoms with E-state index in [0.29, 0.717) is 0 Å². The molecule has 64 valence electrons. The van der Waals surface area contributed by atoms with Crippen LogP contribution in [0.4, 0.5) is 12.9 Å². The van der Waals surface area contributed by atoms with E-state index in [0.717, 1.165) is 12.3 Å². The molecule has 0 saturated heterocycles. The van der Waals surface area contributed by atoms with Crippen molar-refractivity contribution in [2.45, 2.75) is 0 Å². The van der Waals surface area contributed by atoms with Crippen LogP contribution in [0.25, 0.3) is 0 Å². The first-order valence-corrected chi connectivity index (χ1v) is 3.16. The molecule has 0 amide bonds. The van der Waals surface area contributed by atoms with E-state index in [9.17, 15) is 17.7 Å². The zero-order valence-electron chi connectivity index (χ0n) is 5.88. The molecule has 0 atom stereocenters. The molecule has 2 nitrogen and oxygen atoms in total. The van der Waals surface area contributed by atoms with Crippen molar-refractivity contribution in [3.8, 4) is 0 Å². The molecule has 0 aromatic carbocycles. The minimum absolute atomic E-state index is 0.412. The van der Waals surface area contributed by atoms with Gasteiger partial charge in [0.1, 0.15) is 5.68 Å². The maximum atomic E-state index is 11.8. The van der Waals surface area contributed by atoms with Crippen molar-refractivity contribution in [1.29, 1.82) is 0 Å².